The third kappa shape index (κ3) is 4.14. The molecule has 1 aromatic rings. The highest BCUT2D eigenvalue weighted by Crippen LogP contribution is 2.24. The van der Waals surface area contributed by atoms with E-state index in [0.29, 0.717) is 12.1 Å². The third-order valence-electron chi connectivity index (χ3n) is 3.12. The molecule has 0 saturated carbocycles. The lowest BCUT2D eigenvalue weighted by molar-refractivity contribution is -0.124. The molecule has 0 bridgehead atoms. The van der Waals surface area contributed by atoms with Gasteiger partial charge in [-0.1, -0.05) is 15.9 Å². The van der Waals surface area contributed by atoms with Gasteiger partial charge in [-0.25, -0.2) is 0 Å². The average Bonchev–Trinajstić information content (AvgIpc) is 2.92. The Morgan fingerprint density at radius 3 is 3.00 bits per heavy atom. The van der Waals surface area contributed by atoms with Gasteiger partial charge in [0.2, 0.25) is 5.91 Å². The molecule has 0 spiro atoms. The summed E-state index contributed by atoms with van der Waals surface area (Å²) in [4.78, 5) is 11.9. The fourth-order valence-electron chi connectivity index (χ4n) is 2.10. The summed E-state index contributed by atoms with van der Waals surface area (Å²) in [6.07, 6.45) is 0.796. The van der Waals surface area contributed by atoms with Gasteiger partial charge in [0, 0.05) is 23.1 Å². The molecular weight excluding hydrogens is 334 g/mol. The van der Waals surface area contributed by atoms with Gasteiger partial charge in [-0.3, -0.25) is 4.79 Å². The van der Waals surface area contributed by atoms with Gasteiger partial charge in [0.1, 0.15) is 5.75 Å². The number of halogens is 3. The number of carbonyl (C=O) groups excluding carboxylic acids is 1. The molecule has 7 heteroatoms. The van der Waals surface area contributed by atoms with E-state index in [-0.39, 0.29) is 24.1 Å². The van der Waals surface area contributed by atoms with Crippen LogP contribution in [0.1, 0.15) is 12.0 Å². The number of hydrogen-bond donors (Lipinski definition) is 2. The molecule has 2 N–H and O–H groups in total. The summed E-state index contributed by atoms with van der Waals surface area (Å²) >= 11 is 3.27. The zero-order chi connectivity index (χ0) is 14.5. The van der Waals surface area contributed by atoms with Crippen LogP contribution in [0.25, 0.3) is 0 Å². The fraction of sp³-hybridized carbons (Fsp3) is 0.462. The van der Waals surface area contributed by atoms with Crippen LogP contribution in [-0.2, 0) is 11.3 Å². The first kappa shape index (κ1) is 15.2. The number of nitrogens with one attached hydrogen (secondary N) is 2. The molecule has 1 heterocycles. The molecule has 20 heavy (non-hydrogen) atoms. The number of ether oxygens (including phenoxy) is 1. The Balaban J connectivity index is 2.00. The first-order valence-electron chi connectivity index (χ1n) is 6.28. The molecule has 2 rings (SSSR count). The standard InChI is InChI=1S/C13H15BrF2N2O2/c14-10-1-2-11(20-13(15)16)9(5-10)7-18-12(19)8-3-4-17-6-8/h1-2,5,8,13,17H,3-4,6-7H2,(H,18,19)/t8-/m1/s1. The number of amides is 1. The summed E-state index contributed by atoms with van der Waals surface area (Å²) in [5.41, 5.74) is 0.513. The maximum absolute atomic E-state index is 12.3. The number of benzene rings is 1. The minimum absolute atomic E-state index is 0.0541. The first-order valence-corrected chi connectivity index (χ1v) is 7.07. The highest BCUT2D eigenvalue weighted by molar-refractivity contribution is 9.10. The molecule has 1 aromatic carbocycles. The van der Waals surface area contributed by atoms with E-state index >= 15 is 0 Å². The predicted octanol–water partition coefficient (Wildman–Crippen LogP) is 2.28. The van der Waals surface area contributed by atoms with Crippen molar-refractivity contribution in [2.45, 2.75) is 19.6 Å². The van der Waals surface area contributed by atoms with Crippen molar-refractivity contribution in [2.75, 3.05) is 13.1 Å². The van der Waals surface area contributed by atoms with Crippen LogP contribution < -0.4 is 15.4 Å². The average molecular weight is 349 g/mol. The van der Waals surface area contributed by atoms with Crippen molar-refractivity contribution in [1.82, 2.24) is 10.6 Å². The zero-order valence-corrected chi connectivity index (χ0v) is 12.3. The molecule has 4 nitrogen and oxygen atoms in total. The highest BCUT2D eigenvalue weighted by Gasteiger charge is 2.22. The zero-order valence-electron chi connectivity index (χ0n) is 10.7. The van der Waals surface area contributed by atoms with Gasteiger partial charge in [0.05, 0.1) is 5.92 Å². The minimum atomic E-state index is -2.88. The van der Waals surface area contributed by atoms with Gasteiger partial charge in [0.15, 0.2) is 0 Å². The van der Waals surface area contributed by atoms with Crippen LogP contribution in [0.5, 0.6) is 5.75 Å². The molecule has 0 radical (unpaired) electrons. The topological polar surface area (TPSA) is 50.4 Å². The quantitative estimate of drug-likeness (QED) is 0.858. The van der Waals surface area contributed by atoms with Gasteiger partial charge in [-0.05, 0) is 31.2 Å². The maximum Gasteiger partial charge on any atom is 0.387 e. The molecule has 0 unspecified atom stereocenters. The predicted molar refractivity (Wildman–Crippen MR) is 73.6 cm³/mol. The SMILES string of the molecule is O=C(NCc1cc(Br)ccc1OC(F)F)[C@@H]1CCNC1. The molecule has 0 aliphatic carbocycles. The van der Waals surface area contributed by atoms with Gasteiger partial charge in [0.25, 0.3) is 0 Å². The van der Waals surface area contributed by atoms with E-state index < -0.39 is 6.61 Å². The lowest BCUT2D eigenvalue weighted by atomic mass is 10.1. The molecule has 1 fully saturated rings. The van der Waals surface area contributed by atoms with Gasteiger partial charge < -0.3 is 15.4 Å². The number of carbonyl (C=O) groups is 1. The monoisotopic (exact) mass is 348 g/mol. The van der Waals surface area contributed by atoms with Gasteiger partial charge in [-0.2, -0.15) is 8.78 Å². The lowest BCUT2D eigenvalue weighted by Crippen LogP contribution is -2.31. The molecule has 1 aliphatic rings. The van der Waals surface area contributed by atoms with Gasteiger partial charge >= 0.3 is 6.61 Å². The summed E-state index contributed by atoms with van der Waals surface area (Å²) < 4.78 is 29.8. The van der Waals surface area contributed by atoms with Crippen LogP contribution in [0.3, 0.4) is 0 Å². The van der Waals surface area contributed by atoms with Crippen molar-refractivity contribution in [3.8, 4) is 5.75 Å². The van der Waals surface area contributed by atoms with E-state index in [4.69, 9.17) is 0 Å². The van der Waals surface area contributed by atoms with Crippen LogP contribution in [0.2, 0.25) is 0 Å². The van der Waals surface area contributed by atoms with Crippen molar-refractivity contribution in [3.05, 3.63) is 28.2 Å². The Hall–Kier alpha value is -1.21. The molecule has 0 aromatic heterocycles. The molecule has 1 saturated heterocycles. The van der Waals surface area contributed by atoms with Crippen molar-refractivity contribution in [3.63, 3.8) is 0 Å². The summed E-state index contributed by atoms with van der Waals surface area (Å²) in [6, 6.07) is 4.73. The summed E-state index contributed by atoms with van der Waals surface area (Å²) in [6.45, 7) is -1.24. The minimum Gasteiger partial charge on any atom is -0.434 e. The van der Waals surface area contributed by atoms with Gasteiger partial charge in [-0.15, -0.1) is 0 Å². The Morgan fingerprint density at radius 2 is 2.35 bits per heavy atom. The van der Waals surface area contributed by atoms with Crippen LogP contribution in [-0.4, -0.2) is 25.6 Å². The van der Waals surface area contributed by atoms with E-state index in [1.807, 2.05) is 0 Å². The fourth-order valence-corrected chi connectivity index (χ4v) is 2.51. The number of hydrogen-bond acceptors (Lipinski definition) is 3. The van der Waals surface area contributed by atoms with Crippen LogP contribution in [0.15, 0.2) is 22.7 Å². The molecule has 1 amide bonds. The Labute approximate surface area is 124 Å². The maximum atomic E-state index is 12.3. The Morgan fingerprint density at radius 1 is 1.55 bits per heavy atom. The van der Waals surface area contributed by atoms with Crippen molar-refractivity contribution in [2.24, 2.45) is 5.92 Å². The van der Waals surface area contributed by atoms with E-state index in [0.717, 1.165) is 17.4 Å². The molecular formula is C13H15BrF2N2O2. The normalized spacial score (nSPS) is 18.3. The van der Waals surface area contributed by atoms with Crippen molar-refractivity contribution >= 4 is 21.8 Å². The smallest absolute Gasteiger partial charge is 0.387 e. The van der Waals surface area contributed by atoms with Crippen LogP contribution in [0, 0.1) is 5.92 Å². The van der Waals surface area contributed by atoms with E-state index in [1.54, 1.807) is 12.1 Å². The molecule has 1 aliphatic heterocycles. The summed E-state index contributed by atoms with van der Waals surface area (Å²) in [5, 5.41) is 5.86. The highest BCUT2D eigenvalue weighted by atomic mass is 79.9. The van der Waals surface area contributed by atoms with Crippen LogP contribution >= 0.6 is 15.9 Å². The van der Waals surface area contributed by atoms with Crippen LogP contribution in [0.4, 0.5) is 8.78 Å². The van der Waals surface area contributed by atoms with Crippen molar-refractivity contribution in [1.29, 1.82) is 0 Å². The number of alkyl halides is 2. The van der Waals surface area contributed by atoms with E-state index in [1.165, 1.54) is 6.07 Å². The second kappa shape index (κ2) is 6.99. The second-order valence-electron chi connectivity index (χ2n) is 4.54. The largest absolute Gasteiger partial charge is 0.434 e. The van der Waals surface area contributed by atoms with E-state index in [2.05, 4.69) is 31.3 Å². The first-order chi connectivity index (χ1) is 9.56. The molecule has 110 valence electrons. The number of rotatable bonds is 5. The molecule has 1 atom stereocenters. The summed E-state index contributed by atoms with van der Waals surface area (Å²) in [7, 11) is 0. The third-order valence-corrected chi connectivity index (χ3v) is 3.62. The summed E-state index contributed by atoms with van der Waals surface area (Å²) in [5.74, 6) is -0.0485. The van der Waals surface area contributed by atoms with E-state index in [9.17, 15) is 13.6 Å². The van der Waals surface area contributed by atoms with Crippen molar-refractivity contribution < 1.29 is 18.3 Å². The lowest BCUT2D eigenvalue weighted by Gasteiger charge is -2.14. The Kier molecular flexibility index (Phi) is 5.31. The second-order valence-corrected chi connectivity index (χ2v) is 5.45. The Bertz CT molecular complexity index is 479.